The largest absolute Gasteiger partial charge is 0.454 e. The number of rotatable bonds is 2. The SMILES string of the molecule is C[C@@H]1CN(C2=CN3C(=O)C=C(c4ccc5c(c4)OCO5)PC3C=C2)C[C@H](C)N1. The molecule has 0 aliphatic carbocycles. The van der Waals surface area contributed by atoms with Crippen molar-refractivity contribution >= 4 is 19.8 Å². The van der Waals surface area contributed by atoms with E-state index in [-0.39, 0.29) is 18.5 Å². The summed E-state index contributed by atoms with van der Waals surface area (Å²) in [5, 5.41) is 4.62. The normalized spacial score (nSPS) is 29.6. The van der Waals surface area contributed by atoms with Gasteiger partial charge in [0.25, 0.3) is 5.91 Å². The third-order valence-electron chi connectivity index (χ3n) is 5.45. The van der Waals surface area contributed by atoms with E-state index in [9.17, 15) is 4.79 Å². The average Bonchev–Trinajstić information content (AvgIpc) is 3.14. The van der Waals surface area contributed by atoms with Gasteiger partial charge >= 0.3 is 0 Å². The highest BCUT2D eigenvalue weighted by molar-refractivity contribution is 7.51. The van der Waals surface area contributed by atoms with Gasteiger partial charge in [0.05, 0.1) is 11.5 Å². The lowest BCUT2D eigenvalue weighted by atomic mass is 10.1. The second kappa shape index (κ2) is 6.94. The molecular weight excluding hydrogens is 373 g/mol. The molecular formula is C21H24N3O3P. The Bertz CT molecular complexity index is 900. The maximum atomic E-state index is 12.9. The molecule has 1 amide bonds. The topological polar surface area (TPSA) is 54.0 Å². The molecule has 0 saturated carbocycles. The van der Waals surface area contributed by atoms with Crippen molar-refractivity contribution in [2.24, 2.45) is 0 Å². The second-order valence-corrected chi connectivity index (χ2v) is 9.17. The van der Waals surface area contributed by atoms with Gasteiger partial charge in [-0.25, -0.2) is 0 Å². The van der Waals surface area contributed by atoms with Crippen molar-refractivity contribution in [2.45, 2.75) is 31.7 Å². The average molecular weight is 397 g/mol. The first-order valence-corrected chi connectivity index (χ1v) is 10.8. The van der Waals surface area contributed by atoms with Crippen LogP contribution in [-0.4, -0.2) is 53.5 Å². The van der Waals surface area contributed by atoms with Gasteiger partial charge in [-0.2, -0.15) is 0 Å². The third kappa shape index (κ3) is 3.21. The van der Waals surface area contributed by atoms with Gasteiger partial charge in [0.1, 0.15) is 0 Å². The molecule has 4 atom stereocenters. The number of nitrogens with zero attached hydrogens (tertiary/aromatic N) is 2. The summed E-state index contributed by atoms with van der Waals surface area (Å²) in [7, 11) is 0.497. The standard InChI is InChI=1S/C21H24N3O3P/c1-13-9-23(10-14(2)22-13)16-4-6-21-24(11-16)20(25)8-19(28-21)15-3-5-17-18(7-15)27-12-26-17/h3-8,11,13-14,21-22,28H,9-10,12H2,1-2H3/t13-,14+,21?. The summed E-state index contributed by atoms with van der Waals surface area (Å²) in [6.45, 7) is 6.56. The van der Waals surface area contributed by atoms with E-state index in [0.29, 0.717) is 20.7 Å². The van der Waals surface area contributed by atoms with Crippen LogP contribution in [0, 0.1) is 0 Å². The van der Waals surface area contributed by atoms with Crippen LogP contribution in [0.3, 0.4) is 0 Å². The van der Waals surface area contributed by atoms with Crippen molar-refractivity contribution in [1.29, 1.82) is 0 Å². The summed E-state index contributed by atoms with van der Waals surface area (Å²) in [5.74, 6) is 1.64. The molecule has 1 fully saturated rings. The van der Waals surface area contributed by atoms with Crippen LogP contribution in [0.2, 0.25) is 0 Å². The van der Waals surface area contributed by atoms with Crippen molar-refractivity contribution in [3.8, 4) is 11.5 Å². The van der Waals surface area contributed by atoms with Gasteiger partial charge in [-0.3, -0.25) is 4.79 Å². The lowest BCUT2D eigenvalue weighted by molar-refractivity contribution is -0.123. The molecule has 1 aromatic rings. The molecule has 1 saturated heterocycles. The van der Waals surface area contributed by atoms with E-state index < -0.39 is 0 Å². The molecule has 0 bridgehead atoms. The fourth-order valence-corrected chi connectivity index (χ4v) is 5.60. The fraction of sp³-hybridized carbons (Fsp3) is 0.381. The van der Waals surface area contributed by atoms with Crippen LogP contribution in [0.4, 0.5) is 0 Å². The Morgan fingerprint density at radius 3 is 2.75 bits per heavy atom. The van der Waals surface area contributed by atoms with Crippen LogP contribution >= 0.6 is 8.58 Å². The zero-order valence-corrected chi connectivity index (χ0v) is 17.0. The molecule has 5 rings (SSSR count). The summed E-state index contributed by atoms with van der Waals surface area (Å²) in [6, 6.07) is 6.77. The van der Waals surface area contributed by atoms with Crippen LogP contribution in [-0.2, 0) is 4.79 Å². The van der Waals surface area contributed by atoms with Crippen molar-refractivity contribution in [3.05, 3.63) is 53.9 Å². The molecule has 4 aliphatic rings. The number of piperazine rings is 1. The van der Waals surface area contributed by atoms with Gasteiger partial charge in [-0.15, -0.1) is 0 Å². The van der Waals surface area contributed by atoms with E-state index in [4.69, 9.17) is 9.47 Å². The number of carbonyl (C=O) groups is 1. The molecule has 4 aliphatic heterocycles. The monoisotopic (exact) mass is 397 g/mol. The zero-order chi connectivity index (χ0) is 19.3. The minimum absolute atomic E-state index is 0.0366. The van der Waals surface area contributed by atoms with Crippen molar-refractivity contribution in [3.63, 3.8) is 0 Å². The fourth-order valence-electron chi connectivity index (χ4n) is 4.22. The first-order chi connectivity index (χ1) is 13.6. The Hall–Kier alpha value is -2.30. The maximum Gasteiger partial charge on any atom is 0.252 e. The molecule has 4 heterocycles. The highest BCUT2D eigenvalue weighted by Gasteiger charge is 2.31. The number of ether oxygens (including phenoxy) is 2. The van der Waals surface area contributed by atoms with Gasteiger partial charge < -0.3 is 24.6 Å². The summed E-state index contributed by atoms with van der Waals surface area (Å²) < 4.78 is 10.9. The zero-order valence-electron chi connectivity index (χ0n) is 16.0. The Labute approximate surface area is 166 Å². The van der Waals surface area contributed by atoms with Gasteiger partial charge in [0, 0.05) is 37.4 Å². The van der Waals surface area contributed by atoms with Crippen molar-refractivity contribution in [1.82, 2.24) is 15.1 Å². The minimum atomic E-state index is 0.0366. The predicted molar refractivity (Wildman–Crippen MR) is 110 cm³/mol. The minimum Gasteiger partial charge on any atom is -0.454 e. The predicted octanol–water partition coefficient (Wildman–Crippen LogP) is 2.70. The number of nitrogens with one attached hydrogen (secondary N) is 1. The molecule has 0 radical (unpaired) electrons. The number of amides is 1. The molecule has 0 aromatic heterocycles. The molecule has 6 nitrogen and oxygen atoms in total. The molecule has 146 valence electrons. The second-order valence-electron chi connectivity index (χ2n) is 7.75. The quantitative estimate of drug-likeness (QED) is 0.778. The first-order valence-electron chi connectivity index (χ1n) is 9.68. The van der Waals surface area contributed by atoms with E-state index in [0.717, 1.165) is 41.2 Å². The van der Waals surface area contributed by atoms with E-state index in [1.807, 2.05) is 29.3 Å². The maximum absolute atomic E-state index is 12.9. The highest BCUT2D eigenvalue weighted by atomic mass is 31.1. The third-order valence-corrected chi connectivity index (χ3v) is 6.96. The lowest BCUT2D eigenvalue weighted by Gasteiger charge is -2.41. The Morgan fingerprint density at radius 1 is 1.14 bits per heavy atom. The van der Waals surface area contributed by atoms with Crippen LogP contribution in [0.15, 0.2) is 48.3 Å². The highest BCUT2D eigenvalue weighted by Crippen LogP contribution is 2.46. The van der Waals surface area contributed by atoms with Crippen molar-refractivity contribution in [2.75, 3.05) is 19.9 Å². The molecule has 0 spiro atoms. The summed E-state index contributed by atoms with van der Waals surface area (Å²) in [5.41, 5.74) is 2.15. The van der Waals surface area contributed by atoms with Crippen LogP contribution < -0.4 is 14.8 Å². The number of hydrogen-bond donors (Lipinski definition) is 1. The van der Waals surface area contributed by atoms with Gasteiger partial charge in [-0.05, 0) is 42.9 Å². The summed E-state index contributed by atoms with van der Waals surface area (Å²) >= 11 is 0. The Morgan fingerprint density at radius 2 is 1.93 bits per heavy atom. The van der Waals surface area contributed by atoms with E-state index in [1.54, 1.807) is 6.08 Å². The Kier molecular flexibility index (Phi) is 4.41. The number of carbonyl (C=O) groups excluding carboxylic acids is 1. The number of fused-ring (bicyclic) bond motifs is 2. The van der Waals surface area contributed by atoms with E-state index in [1.165, 1.54) is 0 Å². The molecule has 2 unspecified atom stereocenters. The Balaban J connectivity index is 1.38. The first kappa shape index (κ1) is 17.8. The molecule has 1 aromatic carbocycles. The summed E-state index contributed by atoms with van der Waals surface area (Å²) in [6.07, 6.45) is 8.14. The number of hydrogen-bond acceptors (Lipinski definition) is 5. The molecule has 28 heavy (non-hydrogen) atoms. The van der Waals surface area contributed by atoms with Crippen LogP contribution in [0.1, 0.15) is 19.4 Å². The lowest BCUT2D eigenvalue weighted by Crippen LogP contribution is -2.54. The summed E-state index contributed by atoms with van der Waals surface area (Å²) in [4.78, 5) is 17.1. The van der Waals surface area contributed by atoms with Gasteiger partial charge in [0.15, 0.2) is 11.5 Å². The van der Waals surface area contributed by atoms with Gasteiger partial charge in [-0.1, -0.05) is 20.7 Å². The number of allylic oxidation sites excluding steroid dienone is 1. The smallest absolute Gasteiger partial charge is 0.252 e. The number of benzene rings is 1. The van der Waals surface area contributed by atoms with E-state index >= 15 is 0 Å². The molecule has 7 heteroatoms. The molecule has 1 N–H and O–H groups in total. The van der Waals surface area contributed by atoms with E-state index in [2.05, 4.69) is 36.2 Å². The van der Waals surface area contributed by atoms with Crippen LogP contribution in [0.25, 0.3) is 5.31 Å². The van der Waals surface area contributed by atoms with Crippen molar-refractivity contribution < 1.29 is 14.3 Å². The van der Waals surface area contributed by atoms with Crippen LogP contribution in [0.5, 0.6) is 11.5 Å². The van der Waals surface area contributed by atoms with Gasteiger partial charge in [0.2, 0.25) is 6.79 Å².